The Hall–Kier alpha value is -0.610. The van der Waals surface area contributed by atoms with E-state index in [-0.39, 0.29) is 0 Å². The van der Waals surface area contributed by atoms with Crippen molar-refractivity contribution in [1.82, 2.24) is 15.1 Å². The highest BCUT2D eigenvalue weighted by Gasteiger charge is 2.30. The van der Waals surface area contributed by atoms with E-state index in [0.717, 1.165) is 17.5 Å². The van der Waals surface area contributed by atoms with Crippen LogP contribution in [0.15, 0.2) is 24.3 Å². The molecule has 1 N–H and O–H groups in total. The zero-order valence-electron chi connectivity index (χ0n) is 13.6. The molecule has 0 saturated carbocycles. The van der Waals surface area contributed by atoms with Gasteiger partial charge < -0.3 is 10.2 Å². The van der Waals surface area contributed by atoms with E-state index in [4.69, 9.17) is 11.6 Å². The molecule has 0 spiro atoms. The second-order valence-electron chi connectivity index (χ2n) is 6.82. The number of benzene rings is 1. The minimum absolute atomic E-state index is 0.622. The smallest absolute Gasteiger partial charge is 0.0406 e. The van der Waals surface area contributed by atoms with Crippen LogP contribution < -0.4 is 5.32 Å². The summed E-state index contributed by atoms with van der Waals surface area (Å²) >= 11 is 6.03. The van der Waals surface area contributed by atoms with Crippen molar-refractivity contribution >= 4 is 11.6 Å². The van der Waals surface area contributed by atoms with Crippen LogP contribution in [0.5, 0.6) is 0 Å². The summed E-state index contributed by atoms with van der Waals surface area (Å²) in [5.74, 6) is 0. The van der Waals surface area contributed by atoms with Crippen LogP contribution in [0.1, 0.15) is 24.8 Å². The van der Waals surface area contributed by atoms with Gasteiger partial charge in [0, 0.05) is 30.2 Å². The molecule has 1 aromatic rings. The second kappa shape index (κ2) is 7.78. The first kappa shape index (κ1) is 16.3. The number of piperidine rings is 1. The molecular weight excluding hydrogens is 294 g/mol. The fourth-order valence-electron chi connectivity index (χ4n) is 3.96. The normalized spacial score (nSPS) is 26.0. The molecule has 0 amide bonds. The van der Waals surface area contributed by atoms with Crippen molar-refractivity contribution in [2.45, 2.75) is 37.8 Å². The molecule has 0 aliphatic carbocycles. The summed E-state index contributed by atoms with van der Waals surface area (Å²) in [7, 11) is 2.26. The van der Waals surface area contributed by atoms with E-state index in [1.54, 1.807) is 0 Å². The average Bonchev–Trinajstić information content (AvgIpc) is 2.72. The maximum atomic E-state index is 6.03. The van der Waals surface area contributed by atoms with E-state index >= 15 is 0 Å². The van der Waals surface area contributed by atoms with Gasteiger partial charge in [0.1, 0.15) is 0 Å². The fraction of sp³-hybridized carbons (Fsp3) is 0.667. The van der Waals surface area contributed by atoms with Crippen molar-refractivity contribution in [2.75, 3.05) is 39.8 Å². The summed E-state index contributed by atoms with van der Waals surface area (Å²) in [4.78, 5) is 5.31. The van der Waals surface area contributed by atoms with E-state index in [9.17, 15) is 0 Å². The maximum absolute atomic E-state index is 6.03. The average molecular weight is 322 g/mol. The molecule has 122 valence electrons. The summed E-state index contributed by atoms with van der Waals surface area (Å²) in [6.45, 7) is 5.98. The summed E-state index contributed by atoms with van der Waals surface area (Å²) in [6, 6.07) is 9.79. The molecule has 2 fully saturated rings. The third-order valence-corrected chi connectivity index (χ3v) is 5.36. The quantitative estimate of drug-likeness (QED) is 0.923. The van der Waals surface area contributed by atoms with Gasteiger partial charge in [-0.15, -0.1) is 0 Å². The molecule has 2 saturated heterocycles. The predicted octanol–water partition coefficient (Wildman–Crippen LogP) is 2.64. The highest BCUT2D eigenvalue weighted by Crippen LogP contribution is 2.22. The number of hydrogen-bond donors (Lipinski definition) is 1. The van der Waals surface area contributed by atoms with Gasteiger partial charge in [-0.3, -0.25) is 4.90 Å². The standard InChI is InChI=1S/C18H28ClN3/c1-21-11-2-12-22(17-7-9-20-10-8-17)18(14-21)13-15-3-5-16(19)6-4-15/h3-6,17-18,20H,2,7-14H2,1H3. The molecule has 1 unspecified atom stereocenters. The van der Waals surface area contributed by atoms with Crippen LogP contribution in [0.2, 0.25) is 5.02 Å². The molecule has 1 aromatic carbocycles. The van der Waals surface area contributed by atoms with Crippen LogP contribution in [0.4, 0.5) is 0 Å². The van der Waals surface area contributed by atoms with Crippen molar-refractivity contribution < 1.29 is 0 Å². The van der Waals surface area contributed by atoms with Crippen molar-refractivity contribution in [2.24, 2.45) is 0 Å². The van der Waals surface area contributed by atoms with E-state index in [1.807, 2.05) is 12.1 Å². The predicted molar refractivity (Wildman–Crippen MR) is 93.7 cm³/mol. The molecule has 2 aliphatic rings. The molecule has 0 aromatic heterocycles. The van der Waals surface area contributed by atoms with Crippen molar-refractivity contribution in [1.29, 1.82) is 0 Å². The minimum atomic E-state index is 0.622. The van der Waals surface area contributed by atoms with Crippen molar-refractivity contribution in [3.63, 3.8) is 0 Å². The van der Waals surface area contributed by atoms with Gasteiger partial charge in [0.2, 0.25) is 0 Å². The summed E-state index contributed by atoms with van der Waals surface area (Å²) in [5.41, 5.74) is 1.41. The Morgan fingerprint density at radius 1 is 1.14 bits per heavy atom. The lowest BCUT2D eigenvalue weighted by Crippen LogP contribution is -2.50. The van der Waals surface area contributed by atoms with E-state index in [2.05, 4.69) is 34.3 Å². The van der Waals surface area contributed by atoms with Gasteiger partial charge in [-0.2, -0.15) is 0 Å². The Kier molecular flexibility index (Phi) is 5.75. The molecule has 3 nitrogen and oxygen atoms in total. The lowest BCUT2D eigenvalue weighted by molar-refractivity contribution is 0.108. The highest BCUT2D eigenvalue weighted by molar-refractivity contribution is 6.30. The Labute approximate surface area is 139 Å². The van der Waals surface area contributed by atoms with E-state index in [0.29, 0.717) is 6.04 Å². The molecule has 0 bridgehead atoms. The summed E-state index contributed by atoms with van der Waals surface area (Å²) < 4.78 is 0. The van der Waals surface area contributed by atoms with Crippen LogP contribution in [-0.4, -0.2) is 61.7 Å². The van der Waals surface area contributed by atoms with Crippen LogP contribution in [0.25, 0.3) is 0 Å². The molecule has 4 heteroatoms. The lowest BCUT2D eigenvalue weighted by atomic mass is 9.98. The third-order valence-electron chi connectivity index (χ3n) is 5.11. The van der Waals surface area contributed by atoms with Gasteiger partial charge in [-0.25, -0.2) is 0 Å². The zero-order valence-corrected chi connectivity index (χ0v) is 14.4. The van der Waals surface area contributed by atoms with Gasteiger partial charge in [0.25, 0.3) is 0 Å². The Bertz CT molecular complexity index is 456. The molecule has 3 rings (SSSR count). The summed E-state index contributed by atoms with van der Waals surface area (Å²) in [6.07, 6.45) is 5.00. The Morgan fingerprint density at radius 3 is 2.59 bits per heavy atom. The van der Waals surface area contributed by atoms with Gasteiger partial charge in [-0.1, -0.05) is 23.7 Å². The van der Waals surface area contributed by atoms with Crippen LogP contribution in [-0.2, 0) is 6.42 Å². The maximum Gasteiger partial charge on any atom is 0.0406 e. The summed E-state index contributed by atoms with van der Waals surface area (Å²) in [5, 5.41) is 4.33. The largest absolute Gasteiger partial charge is 0.317 e. The number of likely N-dealkylation sites (N-methyl/N-ethyl adjacent to an activating group) is 1. The first-order valence-electron chi connectivity index (χ1n) is 8.62. The first-order valence-corrected chi connectivity index (χ1v) is 8.99. The number of nitrogens with zero attached hydrogens (tertiary/aromatic N) is 2. The van der Waals surface area contributed by atoms with E-state index in [1.165, 1.54) is 57.5 Å². The van der Waals surface area contributed by atoms with Gasteiger partial charge in [0.05, 0.1) is 0 Å². The number of rotatable bonds is 3. The number of nitrogens with one attached hydrogen (secondary N) is 1. The van der Waals surface area contributed by atoms with Crippen molar-refractivity contribution in [3.05, 3.63) is 34.9 Å². The van der Waals surface area contributed by atoms with E-state index < -0.39 is 0 Å². The molecule has 2 aliphatic heterocycles. The topological polar surface area (TPSA) is 18.5 Å². The Balaban J connectivity index is 1.73. The molecule has 22 heavy (non-hydrogen) atoms. The SMILES string of the molecule is CN1CCCN(C2CCNCC2)C(Cc2ccc(Cl)cc2)C1. The van der Waals surface area contributed by atoms with Gasteiger partial charge in [0.15, 0.2) is 0 Å². The number of hydrogen-bond acceptors (Lipinski definition) is 3. The van der Waals surface area contributed by atoms with Gasteiger partial charge in [-0.05, 0) is 70.1 Å². The zero-order chi connectivity index (χ0) is 15.4. The monoisotopic (exact) mass is 321 g/mol. The molecule has 2 heterocycles. The molecular formula is C18H28ClN3. The minimum Gasteiger partial charge on any atom is -0.317 e. The lowest BCUT2D eigenvalue weighted by Gasteiger charge is -2.39. The first-order chi connectivity index (χ1) is 10.7. The second-order valence-corrected chi connectivity index (χ2v) is 7.26. The van der Waals surface area contributed by atoms with Crippen LogP contribution in [0.3, 0.4) is 0 Å². The highest BCUT2D eigenvalue weighted by atomic mass is 35.5. The van der Waals surface area contributed by atoms with Crippen LogP contribution in [0, 0.1) is 0 Å². The Morgan fingerprint density at radius 2 is 1.86 bits per heavy atom. The number of halogens is 1. The molecule has 1 atom stereocenters. The fourth-order valence-corrected chi connectivity index (χ4v) is 4.08. The third kappa shape index (κ3) is 4.23. The van der Waals surface area contributed by atoms with Gasteiger partial charge >= 0.3 is 0 Å². The van der Waals surface area contributed by atoms with Crippen LogP contribution >= 0.6 is 11.6 Å². The molecule has 0 radical (unpaired) electrons. The van der Waals surface area contributed by atoms with Crippen molar-refractivity contribution in [3.8, 4) is 0 Å².